The Kier molecular flexibility index (Phi) is 4.87. The summed E-state index contributed by atoms with van der Waals surface area (Å²) in [6, 6.07) is 28.4. The van der Waals surface area contributed by atoms with Crippen molar-refractivity contribution in [1.29, 1.82) is 5.26 Å². The average molecular weight is 510 g/mol. The van der Waals surface area contributed by atoms with Gasteiger partial charge < -0.3 is 4.42 Å². The predicted octanol–water partition coefficient (Wildman–Crippen LogP) is 8.37. The summed E-state index contributed by atoms with van der Waals surface area (Å²) >= 11 is 0. The second-order valence-corrected chi connectivity index (χ2v) is 11.0. The van der Waals surface area contributed by atoms with Crippen molar-refractivity contribution in [3.63, 3.8) is 0 Å². The monoisotopic (exact) mass is 509 g/mol. The zero-order chi connectivity index (χ0) is 27.1. The van der Waals surface area contributed by atoms with E-state index in [4.69, 9.17) is 4.42 Å². The third-order valence-electron chi connectivity index (χ3n) is 8.38. The lowest BCUT2D eigenvalue weighted by molar-refractivity contribution is -0.660. The molecule has 0 fully saturated rings. The van der Waals surface area contributed by atoms with Gasteiger partial charge in [-0.15, -0.1) is 0 Å². The van der Waals surface area contributed by atoms with Gasteiger partial charge >= 0.3 is 0 Å². The zero-order valence-electron chi connectivity index (χ0n) is 22.3. The van der Waals surface area contributed by atoms with Gasteiger partial charge in [0.25, 0.3) is 0 Å². The number of aromatic nitrogens is 1. The lowest BCUT2D eigenvalue weighted by Gasteiger charge is -2.22. The third-order valence-corrected chi connectivity index (χ3v) is 8.38. The minimum Gasteiger partial charge on any atom is -0.454 e. The number of furan rings is 1. The number of nitriles is 1. The molecule has 188 valence electrons. The smallest absolute Gasteiger partial charge is 0.219 e. The van der Waals surface area contributed by atoms with E-state index in [0.29, 0.717) is 22.4 Å². The van der Waals surface area contributed by atoms with Crippen LogP contribution in [0.1, 0.15) is 36.1 Å². The van der Waals surface area contributed by atoms with Crippen molar-refractivity contribution in [2.75, 3.05) is 0 Å². The highest BCUT2D eigenvalue weighted by molar-refractivity contribution is 6.15. The van der Waals surface area contributed by atoms with Crippen molar-refractivity contribution >= 4 is 21.9 Å². The van der Waals surface area contributed by atoms with Gasteiger partial charge in [-0.1, -0.05) is 62.4 Å². The number of fused-ring (bicyclic) bond motifs is 6. The Hall–Kier alpha value is -4.75. The quantitative estimate of drug-likeness (QED) is 0.220. The molecule has 4 aromatic carbocycles. The first-order valence-electron chi connectivity index (χ1n) is 13.1. The molecule has 7 rings (SSSR count). The van der Waals surface area contributed by atoms with Gasteiger partial charge in [-0.25, -0.2) is 8.96 Å². The fourth-order valence-corrected chi connectivity index (χ4v) is 6.35. The van der Waals surface area contributed by atoms with E-state index in [1.165, 1.54) is 34.4 Å². The van der Waals surface area contributed by atoms with Gasteiger partial charge in [-0.3, -0.25) is 0 Å². The molecule has 0 radical (unpaired) electrons. The van der Waals surface area contributed by atoms with Crippen LogP contribution in [0, 0.1) is 24.1 Å². The maximum Gasteiger partial charge on any atom is 0.219 e. The first-order chi connectivity index (χ1) is 18.8. The molecule has 0 spiro atoms. The van der Waals surface area contributed by atoms with Gasteiger partial charge in [0.15, 0.2) is 6.20 Å². The molecule has 39 heavy (non-hydrogen) atoms. The summed E-state index contributed by atoms with van der Waals surface area (Å²) < 4.78 is 22.9. The standard InChI is InChI=1S/C35H26FN2O/c1-20-9-12-27-32-22(19-37)11-13-24(33(32)39-34(27)31(20)30-18-23(36)15-16-38(30)4)21-10-14-26-25-7-5-6-8-28(25)35(2,3)29(26)17-21/h5-18H,1-4H3/q+1. The third kappa shape index (κ3) is 3.23. The second-order valence-electron chi connectivity index (χ2n) is 11.0. The Morgan fingerprint density at radius 1 is 0.846 bits per heavy atom. The first-order valence-corrected chi connectivity index (χ1v) is 13.1. The summed E-state index contributed by atoms with van der Waals surface area (Å²) in [5.41, 5.74) is 11.4. The molecule has 0 atom stereocenters. The maximum absolute atomic E-state index is 14.4. The summed E-state index contributed by atoms with van der Waals surface area (Å²) in [4.78, 5) is 0. The molecule has 0 saturated heterocycles. The Labute approximate surface area is 226 Å². The minimum absolute atomic E-state index is 0.127. The lowest BCUT2D eigenvalue weighted by atomic mass is 9.81. The number of hydrogen-bond acceptors (Lipinski definition) is 2. The average Bonchev–Trinajstić information content (AvgIpc) is 3.43. The SMILES string of the molecule is Cc1ccc2c(oc3c(-c4ccc5c(c4)C(C)(C)c4ccccc4-5)ccc(C#N)c32)c1-c1cc(F)cc[n+]1C. The maximum atomic E-state index is 14.4. The Morgan fingerprint density at radius 2 is 1.62 bits per heavy atom. The molecule has 0 N–H and O–H groups in total. The van der Waals surface area contributed by atoms with E-state index < -0.39 is 0 Å². The van der Waals surface area contributed by atoms with Crippen LogP contribution in [-0.2, 0) is 12.5 Å². The molecule has 1 aliphatic rings. The summed E-state index contributed by atoms with van der Waals surface area (Å²) in [6.07, 6.45) is 1.71. The fourth-order valence-electron chi connectivity index (χ4n) is 6.35. The van der Waals surface area contributed by atoms with E-state index >= 15 is 0 Å². The molecule has 2 aromatic heterocycles. The molecule has 6 aromatic rings. The minimum atomic E-state index is -0.309. The van der Waals surface area contributed by atoms with Gasteiger partial charge in [0.2, 0.25) is 5.69 Å². The molecule has 0 bridgehead atoms. The van der Waals surface area contributed by atoms with E-state index in [1.807, 2.05) is 42.8 Å². The molecule has 3 nitrogen and oxygen atoms in total. The number of halogens is 1. The van der Waals surface area contributed by atoms with Gasteiger partial charge in [0, 0.05) is 33.9 Å². The summed E-state index contributed by atoms with van der Waals surface area (Å²) in [6.45, 7) is 6.54. The summed E-state index contributed by atoms with van der Waals surface area (Å²) in [7, 11) is 1.89. The molecular formula is C35H26FN2O+. The number of aryl methyl sites for hydroxylation is 2. The van der Waals surface area contributed by atoms with Gasteiger partial charge in [-0.05, 0) is 58.5 Å². The van der Waals surface area contributed by atoms with Crippen LogP contribution in [0.2, 0.25) is 0 Å². The molecule has 0 unspecified atom stereocenters. The zero-order valence-corrected chi connectivity index (χ0v) is 22.3. The van der Waals surface area contributed by atoms with Crippen LogP contribution in [0.4, 0.5) is 4.39 Å². The van der Waals surface area contributed by atoms with E-state index in [2.05, 4.69) is 62.4 Å². The topological polar surface area (TPSA) is 40.8 Å². The van der Waals surface area contributed by atoms with Crippen LogP contribution in [0.3, 0.4) is 0 Å². The van der Waals surface area contributed by atoms with Crippen LogP contribution >= 0.6 is 0 Å². The van der Waals surface area contributed by atoms with E-state index in [0.717, 1.165) is 33.0 Å². The molecule has 0 amide bonds. The summed E-state index contributed by atoms with van der Waals surface area (Å²) in [5.74, 6) is -0.309. The van der Waals surface area contributed by atoms with Gasteiger partial charge in [-0.2, -0.15) is 5.26 Å². The highest BCUT2D eigenvalue weighted by Gasteiger charge is 2.35. The van der Waals surface area contributed by atoms with Crippen molar-refractivity contribution in [2.45, 2.75) is 26.2 Å². The van der Waals surface area contributed by atoms with Crippen molar-refractivity contribution in [1.82, 2.24) is 0 Å². The predicted molar refractivity (Wildman–Crippen MR) is 153 cm³/mol. The number of pyridine rings is 1. The lowest BCUT2D eigenvalue weighted by Crippen LogP contribution is -2.30. The van der Waals surface area contributed by atoms with Crippen molar-refractivity contribution in [3.05, 3.63) is 113 Å². The Bertz CT molecular complexity index is 2040. The number of hydrogen-bond donors (Lipinski definition) is 0. The molecule has 0 aliphatic heterocycles. The Morgan fingerprint density at radius 3 is 2.44 bits per heavy atom. The largest absolute Gasteiger partial charge is 0.454 e. The molecular weight excluding hydrogens is 483 g/mol. The molecule has 2 heterocycles. The second kappa shape index (κ2) is 8.12. The van der Waals surface area contributed by atoms with Gasteiger partial charge in [0.1, 0.15) is 24.0 Å². The first kappa shape index (κ1) is 23.4. The molecule has 0 saturated carbocycles. The van der Waals surface area contributed by atoms with Gasteiger partial charge in [0.05, 0.1) is 17.2 Å². The number of nitrogens with zero attached hydrogens (tertiary/aromatic N) is 2. The van der Waals surface area contributed by atoms with Crippen molar-refractivity contribution < 1.29 is 13.4 Å². The molecule has 1 aliphatic carbocycles. The van der Waals surface area contributed by atoms with E-state index in [1.54, 1.807) is 6.20 Å². The van der Waals surface area contributed by atoms with E-state index in [9.17, 15) is 9.65 Å². The van der Waals surface area contributed by atoms with Crippen LogP contribution in [0.15, 0.2) is 89.5 Å². The summed E-state index contributed by atoms with van der Waals surface area (Å²) in [5, 5.41) is 11.7. The van der Waals surface area contributed by atoms with Crippen molar-refractivity contribution in [2.24, 2.45) is 7.05 Å². The van der Waals surface area contributed by atoms with Crippen LogP contribution in [-0.4, -0.2) is 0 Å². The van der Waals surface area contributed by atoms with Crippen LogP contribution < -0.4 is 4.57 Å². The van der Waals surface area contributed by atoms with Crippen molar-refractivity contribution in [3.8, 4) is 39.6 Å². The normalized spacial score (nSPS) is 13.4. The van der Waals surface area contributed by atoms with E-state index in [-0.39, 0.29) is 11.2 Å². The highest BCUT2D eigenvalue weighted by Crippen LogP contribution is 2.50. The number of benzene rings is 4. The fraction of sp³-hybridized carbons (Fsp3) is 0.143. The van der Waals surface area contributed by atoms with Crippen LogP contribution in [0.5, 0.6) is 0 Å². The highest BCUT2D eigenvalue weighted by atomic mass is 19.1. The molecule has 4 heteroatoms. The van der Waals surface area contributed by atoms with Crippen LogP contribution in [0.25, 0.3) is 55.4 Å². The Balaban J connectivity index is 1.52. The number of rotatable bonds is 2.